The fraction of sp³-hybridized carbons (Fsp3) is 0.167. The largest absolute Gasteiger partial charge is 0.497 e. The van der Waals surface area contributed by atoms with E-state index in [1.165, 1.54) is 0 Å². The third-order valence-corrected chi connectivity index (χ3v) is 4.78. The zero-order chi connectivity index (χ0) is 21.8. The van der Waals surface area contributed by atoms with E-state index < -0.39 is 0 Å². The number of rotatable bonds is 7. The van der Waals surface area contributed by atoms with Crippen molar-refractivity contribution in [2.24, 2.45) is 0 Å². The van der Waals surface area contributed by atoms with Gasteiger partial charge in [-0.25, -0.2) is 4.98 Å². The Hall–Kier alpha value is -4.00. The van der Waals surface area contributed by atoms with Crippen molar-refractivity contribution in [3.63, 3.8) is 0 Å². The van der Waals surface area contributed by atoms with Crippen LogP contribution in [0.25, 0.3) is 22.6 Å². The number of hydrogen-bond acceptors (Lipinski definition) is 6. The topological polar surface area (TPSA) is 82.8 Å². The molecule has 4 aromatic rings. The van der Waals surface area contributed by atoms with Gasteiger partial charge in [0.1, 0.15) is 22.8 Å². The van der Waals surface area contributed by atoms with E-state index in [0.717, 1.165) is 16.9 Å². The van der Waals surface area contributed by atoms with E-state index in [1.807, 2.05) is 43.3 Å². The highest BCUT2D eigenvalue weighted by Crippen LogP contribution is 2.29. The van der Waals surface area contributed by atoms with Crippen LogP contribution in [-0.2, 0) is 4.79 Å². The highest BCUT2D eigenvalue weighted by atomic mass is 16.5. The van der Waals surface area contributed by atoms with Gasteiger partial charge in [0, 0.05) is 17.3 Å². The highest BCUT2D eigenvalue weighted by Gasteiger charge is 2.12. The van der Waals surface area contributed by atoms with Crippen LogP contribution in [-0.4, -0.2) is 31.7 Å². The Morgan fingerprint density at radius 3 is 2.39 bits per heavy atom. The van der Waals surface area contributed by atoms with Gasteiger partial charge in [-0.1, -0.05) is 6.07 Å². The van der Waals surface area contributed by atoms with Gasteiger partial charge in [-0.15, -0.1) is 0 Å². The van der Waals surface area contributed by atoms with Crippen LogP contribution in [0.4, 0.5) is 5.69 Å². The smallest absolute Gasteiger partial charge is 0.262 e. The second-order valence-corrected chi connectivity index (χ2v) is 6.89. The summed E-state index contributed by atoms with van der Waals surface area (Å²) in [5, 5.41) is 2.89. The number of nitrogens with one attached hydrogen (secondary N) is 1. The lowest BCUT2D eigenvalue weighted by Gasteiger charge is -2.11. The molecule has 3 aromatic carbocycles. The molecule has 0 aliphatic heterocycles. The Kier molecular flexibility index (Phi) is 5.75. The van der Waals surface area contributed by atoms with Gasteiger partial charge in [0.15, 0.2) is 12.2 Å². The second-order valence-electron chi connectivity index (χ2n) is 6.89. The molecule has 0 unspecified atom stereocenters. The standard InChI is InChI=1S/C24H22N2O5/c1-15-4-5-16(24-26-21-13-19(29-3)10-11-22(21)31-24)12-20(15)25-23(27)14-30-18-8-6-17(28-2)7-9-18/h4-13H,14H2,1-3H3,(H,25,27). The van der Waals surface area contributed by atoms with Crippen LogP contribution in [0.3, 0.4) is 0 Å². The minimum Gasteiger partial charge on any atom is -0.497 e. The van der Waals surface area contributed by atoms with Crippen LogP contribution >= 0.6 is 0 Å². The molecule has 31 heavy (non-hydrogen) atoms. The summed E-state index contributed by atoms with van der Waals surface area (Å²) in [5.74, 6) is 2.22. The number of aryl methyl sites for hydroxylation is 1. The Labute approximate surface area is 179 Å². The molecule has 7 heteroatoms. The van der Waals surface area contributed by atoms with Crippen LogP contribution in [0.2, 0.25) is 0 Å². The van der Waals surface area contributed by atoms with Gasteiger partial charge in [0.2, 0.25) is 5.89 Å². The maximum absolute atomic E-state index is 12.4. The van der Waals surface area contributed by atoms with Gasteiger partial charge < -0.3 is 23.9 Å². The van der Waals surface area contributed by atoms with Crippen molar-refractivity contribution >= 4 is 22.7 Å². The monoisotopic (exact) mass is 418 g/mol. The molecule has 1 N–H and O–H groups in total. The fourth-order valence-electron chi connectivity index (χ4n) is 3.05. The summed E-state index contributed by atoms with van der Waals surface area (Å²) < 4.78 is 21.8. The number of nitrogens with zero attached hydrogens (tertiary/aromatic N) is 1. The number of amides is 1. The van der Waals surface area contributed by atoms with Crippen molar-refractivity contribution < 1.29 is 23.4 Å². The van der Waals surface area contributed by atoms with E-state index in [1.54, 1.807) is 38.5 Å². The van der Waals surface area contributed by atoms with Gasteiger partial charge in [-0.2, -0.15) is 0 Å². The van der Waals surface area contributed by atoms with Gasteiger partial charge in [-0.3, -0.25) is 4.79 Å². The first-order valence-corrected chi connectivity index (χ1v) is 9.68. The molecule has 0 atom stereocenters. The minimum atomic E-state index is -0.265. The molecule has 0 bridgehead atoms. The summed E-state index contributed by atoms with van der Waals surface area (Å²) >= 11 is 0. The SMILES string of the molecule is COc1ccc(OCC(=O)Nc2cc(-c3nc4cc(OC)ccc4o3)ccc2C)cc1. The van der Waals surface area contributed by atoms with Crippen LogP contribution in [0, 0.1) is 6.92 Å². The number of carbonyl (C=O) groups is 1. The third kappa shape index (κ3) is 4.61. The summed E-state index contributed by atoms with van der Waals surface area (Å²) in [5.41, 5.74) is 3.70. The van der Waals surface area contributed by atoms with Crippen LogP contribution < -0.4 is 19.5 Å². The van der Waals surface area contributed by atoms with Crippen molar-refractivity contribution in [1.82, 2.24) is 4.98 Å². The number of oxazole rings is 1. The normalized spacial score (nSPS) is 10.7. The summed E-state index contributed by atoms with van der Waals surface area (Å²) in [4.78, 5) is 16.9. The number of fused-ring (bicyclic) bond motifs is 1. The molecule has 1 heterocycles. The molecule has 4 rings (SSSR count). The summed E-state index contributed by atoms with van der Waals surface area (Å²) in [6, 6.07) is 18.1. The molecule has 0 saturated carbocycles. The molecule has 0 fully saturated rings. The minimum absolute atomic E-state index is 0.112. The van der Waals surface area contributed by atoms with Crippen molar-refractivity contribution in [3.05, 3.63) is 66.2 Å². The van der Waals surface area contributed by atoms with Crippen LogP contribution in [0.1, 0.15) is 5.56 Å². The summed E-state index contributed by atoms with van der Waals surface area (Å²) in [6.07, 6.45) is 0. The molecular weight excluding hydrogens is 396 g/mol. The molecule has 1 aromatic heterocycles. The van der Waals surface area contributed by atoms with Gasteiger partial charge >= 0.3 is 0 Å². The number of methoxy groups -OCH3 is 2. The number of aromatic nitrogens is 1. The number of benzene rings is 3. The van der Waals surface area contributed by atoms with E-state index in [-0.39, 0.29) is 12.5 Å². The first-order chi connectivity index (χ1) is 15.1. The molecule has 0 spiro atoms. The lowest BCUT2D eigenvalue weighted by Crippen LogP contribution is -2.20. The molecule has 0 aliphatic rings. The molecule has 1 amide bonds. The molecule has 7 nitrogen and oxygen atoms in total. The third-order valence-electron chi connectivity index (χ3n) is 4.78. The van der Waals surface area contributed by atoms with Crippen molar-refractivity contribution in [3.8, 4) is 28.7 Å². The number of hydrogen-bond donors (Lipinski definition) is 1. The zero-order valence-electron chi connectivity index (χ0n) is 17.5. The van der Waals surface area contributed by atoms with Crippen molar-refractivity contribution in [2.45, 2.75) is 6.92 Å². The molecule has 158 valence electrons. The number of ether oxygens (including phenoxy) is 3. The molecule has 0 aliphatic carbocycles. The highest BCUT2D eigenvalue weighted by molar-refractivity contribution is 5.93. The first-order valence-electron chi connectivity index (χ1n) is 9.68. The second kappa shape index (κ2) is 8.79. The quantitative estimate of drug-likeness (QED) is 0.463. The van der Waals surface area contributed by atoms with Gasteiger partial charge in [0.05, 0.1) is 14.2 Å². The molecular formula is C24H22N2O5. The predicted molar refractivity (Wildman–Crippen MR) is 118 cm³/mol. The zero-order valence-corrected chi connectivity index (χ0v) is 17.5. The fourth-order valence-corrected chi connectivity index (χ4v) is 3.05. The lowest BCUT2D eigenvalue weighted by atomic mass is 10.1. The Morgan fingerprint density at radius 1 is 0.935 bits per heavy atom. The predicted octanol–water partition coefficient (Wildman–Crippen LogP) is 4.84. The maximum Gasteiger partial charge on any atom is 0.262 e. The van der Waals surface area contributed by atoms with Gasteiger partial charge in [0.25, 0.3) is 5.91 Å². The van der Waals surface area contributed by atoms with Crippen LogP contribution in [0.15, 0.2) is 65.1 Å². The average molecular weight is 418 g/mol. The Balaban J connectivity index is 1.47. The summed E-state index contributed by atoms with van der Waals surface area (Å²) in [6.45, 7) is 1.80. The van der Waals surface area contributed by atoms with Gasteiger partial charge in [-0.05, 0) is 61.0 Å². The molecule has 0 radical (unpaired) electrons. The summed E-state index contributed by atoms with van der Waals surface area (Å²) in [7, 11) is 3.20. The van der Waals surface area contributed by atoms with Crippen molar-refractivity contribution in [1.29, 1.82) is 0 Å². The van der Waals surface area contributed by atoms with E-state index in [2.05, 4.69) is 10.3 Å². The number of carbonyl (C=O) groups excluding carboxylic acids is 1. The van der Waals surface area contributed by atoms with E-state index >= 15 is 0 Å². The molecule has 0 saturated heterocycles. The van der Waals surface area contributed by atoms with E-state index in [9.17, 15) is 4.79 Å². The van der Waals surface area contributed by atoms with E-state index in [4.69, 9.17) is 18.6 Å². The first kappa shape index (κ1) is 20.3. The van der Waals surface area contributed by atoms with E-state index in [0.29, 0.717) is 34.2 Å². The maximum atomic E-state index is 12.4. The lowest BCUT2D eigenvalue weighted by molar-refractivity contribution is -0.118. The average Bonchev–Trinajstić information content (AvgIpc) is 3.22. The van der Waals surface area contributed by atoms with Crippen LogP contribution in [0.5, 0.6) is 17.2 Å². The Morgan fingerprint density at radius 2 is 1.65 bits per heavy atom. The Bertz CT molecular complexity index is 1210. The number of anilines is 1. The van der Waals surface area contributed by atoms with Crippen molar-refractivity contribution in [2.75, 3.05) is 26.1 Å².